The van der Waals surface area contributed by atoms with Crippen LogP contribution in [0.3, 0.4) is 0 Å². The van der Waals surface area contributed by atoms with E-state index in [1.165, 1.54) is 6.08 Å². The van der Waals surface area contributed by atoms with Crippen molar-refractivity contribution in [2.75, 3.05) is 12.4 Å². The van der Waals surface area contributed by atoms with E-state index in [9.17, 15) is 9.59 Å². The van der Waals surface area contributed by atoms with Gasteiger partial charge in [-0.3, -0.25) is 9.59 Å². The molecule has 0 aliphatic rings. The van der Waals surface area contributed by atoms with Crippen molar-refractivity contribution < 1.29 is 9.59 Å². The van der Waals surface area contributed by atoms with Gasteiger partial charge in [-0.2, -0.15) is 0 Å². The summed E-state index contributed by atoms with van der Waals surface area (Å²) in [5.41, 5.74) is 2.07. The number of nitrogens with one attached hydrogen (secondary N) is 2. The number of hydrogen-bond acceptors (Lipinski definition) is 2. The lowest BCUT2D eigenvalue weighted by Crippen LogP contribution is -2.18. The van der Waals surface area contributed by atoms with Crippen molar-refractivity contribution in [1.82, 2.24) is 5.32 Å². The Hall–Kier alpha value is -2.10. The molecule has 0 aliphatic carbocycles. The molecule has 0 saturated carbocycles. The van der Waals surface area contributed by atoms with Gasteiger partial charge < -0.3 is 10.6 Å². The van der Waals surface area contributed by atoms with E-state index in [1.54, 1.807) is 25.2 Å². The van der Waals surface area contributed by atoms with Crippen LogP contribution in [0.2, 0.25) is 0 Å². The molecule has 0 aromatic heterocycles. The number of anilines is 1. The second-order valence-corrected chi connectivity index (χ2v) is 3.30. The van der Waals surface area contributed by atoms with E-state index >= 15 is 0 Å². The van der Waals surface area contributed by atoms with Crippen molar-refractivity contribution in [1.29, 1.82) is 0 Å². The van der Waals surface area contributed by atoms with Crippen molar-refractivity contribution in [3.63, 3.8) is 0 Å². The minimum Gasteiger partial charge on any atom is -0.355 e. The molecule has 4 heteroatoms. The van der Waals surface area contributed by atoms with E-state index in [2.05, 4.69) is 17.2 Å². The van der Waals surface area contributed by atoms with Crippen LogP contribution in [0.15, 0.2) is 30.9 Å². The Morgan fingerprint density at radius 1 is 1.38 bits per heavy atom. The zero-order chi connectivity index (χ0) is 12.1. The molecular weight excluding hydrogens is 204 g/mol. The maximum Gasteiger partial charge on any atom is 0.251 e. The first-order valence-electron chi connectivity index (χ1n) is 4.84. The van der Waals surface area contributed by atoms with Crippen molar-refractivity contribution in [2.45, 2.75) is 6.92 Å². The van der Waals surface area contributed by atoms with E-state index in [1.807, 2.05) is 6.92 Å². The van der Waals surface area contributed by atoms with Crippen LogP contribution in [0.1, 0.15) is 15.9 Å². The van der Waals surface area contributed by atoms with Crippen molar-refractivity contribution >= 4 is 17.5 Å². The van der Waals surface area contributed by atoms with Crippen LogP contribution < -0.4 is 10.6 Å². The van der Waals surface area contributed by atoms with Crippen LogP contribution >= 0.6 is 0 Å². The lowest BCUT2D eigenvalue weighted by Gasteiger charge is -2.08. The number of hydrogen-bond donors (Lipinski definition) is 2. The first-order chi connectivity index (χ1) is 7.58. The Kier molecular flexibility index (Phi) is 3.83. The normalized spacial score (nSPS) is 9.38. The van der Waals surface area contributed by atoms with E-state index < -0.39 is 0 Å². The van der Waals surface area contributed by atoms with Crippen LogP contribution in [0, 0.1) is 6.92 Å². The lowest BCUT2D eigenvalue weighted by molar-refractivity contribution is -0.111. The monoisotopic (exact) mass is 218 g/mol. The van der Waals surface area contributed by atoms with Gasteiger partial charge in [0.1, 0.15) is 0 Å². The highest BCUT2D eigenvalue weighted by Gasteiger charge is 2.06. The maximum atomic E-state index is 11.3. The molecule has 0 heterocycles. The average molecular weight is 218 g/mol. The van der Waals surface area contributed by atoms with Crippen LogP contribution in [-0.2, 0) is 4.79 Å². The average Bonchev–Trinajstić information content (AvgIpc) is 2.30. The molecular formula is C12H14N2O2. The third-order valence-electron chi connectivity index (χ3n) is 2.16. The zero-order valence-electron chi connectivity index (χ0n) is 9.33. The molecule has 2 N–H and O–H groups in total. The Labute approximate surface area is 94.4 Å². The number of aryl methyl sites for hydroxylation is 1. The molecule has 0 unspecified atom stereocenters. The summed E-state index contributed by atoms with van der Waals surface area (Å²) in [6.45, 7) is 5.19. The van der Waals surface area contributed by atoms with Crippen molar-refractivity contribution in [2.24, 2.45) is 0 Å². The summed E-state index contributed by atoms with van der Waals surface area (Å²) in [5, 5.41) is 5.19. The number of amides is 2. The van der Waals surface area contributed by atoms with Gasteiger partial charge in [0.2, 0.25) is 5.91 Å². The standard InChI is InChI=1S/C12H14N2O2/c1-4-11(15)14-10-6-5-9(7-8(10)2)12(16)13-3/h4-7H,1H2,2-3H3,(H,13,16)(H,14,15). The largest absolute Gasteiger partial charge is 0.355 e. The Balaban J connectivity index is 2.95. The van der Waals surface area contributed by atoms with Gasteiger partial charge in [-0.05, 0) is 36.8 Å². The van der Waals surface area contributed by atoms with Gasteiger partial charge >= 0.3 is 0 Å². The van der Waals surface area contributed by atoms with Gasteiger partial charge in [-0.25, -0.2) is 0 Å². The van der Waals surface area contributed by atoms with Gasteiger partial charge in [0.25, 0.3) is 5.91 Å². The number of carbonyl (C=O) groups excluding carboxylic acids is 2. The smallest absolute Gasteiger partial charge is 0.251 e. The fourth-order valence-corrected chi connectivity index (χ4v) is 1.27. The predicted octanol–water partition coefficient (Wildman–Crippen LogP) is 1.48. The van der Waals surface area contributed by atoms with Gasteiger partial charge in [0, 0.05) is 18.3 Å². The molecule has 0 fully saturated rings. The summed E-state index contributed by atoms with van der Waals surface area (Å²) < 4.78 is 0. The molecule has 0 radical (unpaired) electrons. The highest BCUT2D eigenvalue weighted by atomic mass is 16.2. The molecule has 0 atom stereocenters. The third-order valence-corrected chi connectivity index (χ3v) is 2.16. The topological polar surface area (TPSA) is 58.2 Å². The summed E-state index contributed by atoms with van der Waals surface area (Å²) in [6.07, 6.45) is 1.20. The molecule has 2 amide bonds. The molecule has 16 heavy (non-hydrogen) atoms. The SMILES string of the molecule is C=CC(=O)Nc1ccc(C(=O)NC)cc1C. The molecule has 1 aromatic carbocycles. The van der Waals surface area contributed by atoms with E-state index in [0.717, 1.165) is 5.56 Å². The summed E-state index contributed by atoms with van der Waals surface area (Å²) in [5.74, 6) is -0.416. The van der Waals surface area contributed by atoms with Crippen molar-refractivity contribution in [3.8, 4) is 0 Å². The molecule has 1 aromatic rings. The second kappa shape index (κ2) is 5.11. The minimum absolute atomic E-state index is 0.148. The molecule has 0 spiro atoms. The van der Waals surface area contributed by atoms with Gasteiger partial charge in [0.15, 0.2) is 0 Å². The highest BCUT2D eigenvalue weighted by Crippen LogP contribution is 2.16. The number of benzene rings is 1. The Morgan fingerprint density at radius 3 is 2.56 bits per heavy atom. The zero-order valence-corrected chi connectivity index (χ0v) is 9.33. The highest BCUT2D eigenvalue weighted by molar-refractivity contribution is 6.00. The van der Waals surface area contributed by atoms with E-state index in [-0.39, 0.29) is 11.8 Å². The molecule has 4 nitrogen and oxygen atoms in total. The lowest BCUT2D eigenvalue weighted by atomic mass is 10.1. The van der Waals surface area contributed by atoms with E-state index in [0.29, 0.717) is 11.3 Å². The van der Waals surface area contributed by atoms with Crippen LogP contribution in [0.4, 0.5) is 5.69 Å². The predicted molar refractivity (Wildman–Crippen MR) is 63.4 cm³/mol. The third kappa shape index (κ3) is 2.70. The molecule has 0 bridgehead atoms. The Bertz CT molecular complexity index is 439. The molecule has 0 aliphatic heterocycles. The first kappa shape index (κ1) is 12.0. The quantitative estimate of drug-likeness (QED) is 0.755. The minimum atomic E-state index is -0.268. The van der Waals surface area contributed by atoms with Crippen LogP contribution in [-0.4, -0.2) is 18.9 Å². The molecule has 1 rings (SSSR count). The fourth-order valence-electron chi connectivity index (χ4n) is 1.27. The number of rotatable bonds is 3. The van der Waals surface area contributed by atoms with Gasteiger partial charge in [-0.1, -0.05) is 6.58 Å². The van der Waals surface area contributed by atoms with E-state index in [4.69, 9.17) is 0 Å². The van der Waals surface area contributed by atoms with Gasteiger partial charge in [-0.15, -0.1) is 0 Å². The van der Waals surface area contributed by atoms with Crippen LogP contribution in [0.5, 0.6) is 0 Å². The first-order valence-corrected chi connectivity index (χ1v) is 4.84. The Morgan fingerprint density at radius 2 is 2.06 bits per heavy atom. The molecule has 0 saturated heterocycles. The maximum absolute atomic E-state index is 11.3. The summed E-state index contributed by atoms with van der Waals surface area (Å²) in [6, 6.07) is 5.07. The van der Waals surface area contributed by atoms with Crippen molar-refractivity contribution in [3.05, 3.63) is 42.0 Å². The second-order valence-electron chi connectivity index (χ2n) is 3.30. The fraction of sp³-hybridized carbons (Fsp3) is 0.167. The van der Waals surface area contributed by atoms with Gasteiger partial charge in [0.05, 0.1) is 0 Å². The number of carbonyl (C=O) groups is 2. The summed E-state index contributed by atoms with van der Waals surface area (Å²) in [4.78, 5) is 22.4. The summed E-state index contributed by atoms with van der Waals surface area (Å²) >= 11 is 0. The summed E-state index contributed by atoms with van der Waals surface area (Å²) in [7, 11) is 1.57. The van der Waals surface area contributed by atoms with Crippen LogP contribution in [0.25, 0.3) is 0 Å². The molecule has 84 valence electrons.